The van der Waals surface area contributed by atoms with Gasteiger partial charge in [0.2, 0.25) is 0 Å². The minimum atomic E-state index is -0.378. The van der Waals surface area contributed by atoms with Gasteiger partial charge in [-0.05, 0) is 43.0 Å². The minimum Gasteiger partial charge on any atom is -0.497 e. The average molecular weight is 276 g/mol. The van der Waals surface area contributed by atoms with Crippen LogP contribution >= 0.6 is 0 Å². The van der Waals surface area contributed by atoms with Crippen LogP contribution in [0.1, 0.15) is 30.1 Å². The molecule has 1 fully saturated rings. The molecule has 5 nitrogen and oxygen atoms in total. The lowest BCUT2D eigenvalue weighted by Crippen LogP contribution is -2.46. The van der Waals surface area contributed by atoms with Crippen molar-refractivity contribution in [1.29, 1.82) is 0 Å². The Labute approximate surface area is 118 Å². The molecule has 2 rings (SSSR count). The molecule has 20 heavy (non-hydrogen) atoms. The maximum absolute atomic E-state index is 12.0. The highest BCUT2D eigenvalue weighted by Crippen LogP contribution is 2.16. The van der Waals surface area contributed by atoms with Crippen LogP contribution in [0.15, 0.2) is 24.3 Å². The molecular weight excluding hydrogens is 256 g/mol. The summed E-state index contributed by atoms with van der Waals surface area (Å²) in [5.74, 6) is 0.950. The van der Waals surface area contributed by atoms with Gasteiger partial charge in [-0.3, -0.25) is 10.1 Å². The van der Waals surface area contributed by atoms with Crippen LogP contribution in [0.5, 0.6) is 5.75 Å². The summed E-state index contributed by atoms with van der Waals surface area (Å²) in [5, 5.41) is 2.43. The molecule has 0 radical (unpaired) electrons. The van der Waals surface area contributed by atoms with Gasteiger partial charge < -0.3 is 9.64 Å². The van der Waals surface area contributed by atoms with E-state index in [2.05, 4.69) is 12.2 Å². The Balaban J connectivity index is 1.91. The van der Waals surface area contributed by atoms with Crippen LogP contribution in [-0.4, -0.2) is 37.0 Å². The lowest BCUT2D eigenvalue weighted by molar-refractivity contribution is 0.0946. The fourth-order valence-corrected chi connectivity index (χ4v) is 2.20. The van der Waals surface area contributed by atoms with E-state index < -0.39 is 0 Å². The highest BCUT2D eigenvalue weighted by molar-refractivity contribution is 6.04. The van der Waals surface area contributed by atoms with Gasteiger partial charge in [0.25, 0.3) is 5.91 Å². The van der Waals surface area contributed by atoms with Crippen molar-refractivity contribution in [3.8, 4) is 5.75 Å². The zero-order chi connectivity index (χ0) is 14.5. The van der Waals surface area contributed by atoms with Crippen LogP contribution in [0.3, 0.4) is 0 Å². The highest BCUT2D eigenvalue weighted by atomic mass is 16.5. The van der Waals surface area contributed by atoms with E-state index in [0.29, 0.717) is 30.3 Å². The zero-order valence-corrected chi connectivity index (χ0v) is 11.9. The van der Waals surface area contributed by atoms with Gasteiger partial charge in [-0.25, -0.2) is 4.79 Å². The second-order valence-electron chi connectivity index (χ2n) is 5.16. The van der Waals surface area contributed by atoms with E-state index in [0.717, 1.165) is 12.8 Å². The maximum atomic E-state index is 12.0. The predicted molar refractivity (Wildman–Crippen MR) is 75.8 cm³/mol. The first-order chi connectivity index (χ1) is 9.60. The summed E-state index contributed by atoms with van der Waals surface area (Å²) in [4.78, 5) is 25.6. The third kappa shape index (κ3) is 3.50. The molecule has 0 unspecified atom stereocenters. The third-order valence-electron chi connectivity index (χ3n) is 3.64. The summed E-state index contributed by atoms with van der Waals surface area (Å²) in [6.45, 7) is 3.60. The van der Waals surface area contributed by atoms with E-state index in [-0.39, 0.29) is 11.9 Å². The summed E-state index contributed by atoms with van der Waals surface area (Å²) >= 11 is 0. The molecule has 3 amide bonds. The quantitative estimate of drug-likeness (QED) is 0.901. The number of rotatable bonds is 2. The molecule has 108 valence electrons. The van der Waals surface area contributed by atoms with E-state index in [9.17, 15) is 9.59 Å². The van der Waals surface area contributed by atoms with Gasteiger partial charge in [-0.15, -0.1) is 0 Å². The van der Waals surface area contributed by atoms with Crippen molar-refractivity contribution in [3.05, 3.63) is 29.8 Å². The molecule has 1 saturated heterocycles. The number of benzene rings is 1. The predicted octanol–water partition coefficient (Wildman–Crippen LogP) is 2.28. The second-order valence-corrected chi connectivity index (χ2v) is 5.16. The summed E-state index contributed by atoms with van der Waals surface area (Å²) in [6.07, 6.45) is 1.98. The number of hydrogen-bond acceptors (Lipinski definition) is 3. The van der Waals surface area contributed by atoms with Crippen molar-refractivity contribution in [1.82, 2.24) is 10.2 Å². The first-order valence-corrected chi connectivity index (χ1v) is 6.84. The number of nitrogens with zero attached hydrogens (tertiary/aromatic N) is 1. The van der Waals surface area contributed by atoms with Crippen LogP contribution in [0.2, 0.25) is 0 Å². The van der Waals surface area contributed by atoms with Gasteiger partial charge in [-0.2, -0.15) is 0 Å². The lowest BCUT2D eigenvalue weighted by Gasteiger charge is -2.29. The van der Waals surface area contributed by atoms with Gasteiger partial charge in [0, 0.05) is 18.7 Å². The van der Waals surface area contributed by atoms with Crippen molar-refractivity contribution >= 4 is 11.9 Å². The Bertz CT molecular complexity index is 476. The first-order valence-electron chi connectivity index (χ1n) is 6.84. The summed E-state index contributed by atoms with van der Waals surface area (Å²) in [5.41, 5.74) is 0.449. The molecule has 1 aliphatic rings. The van der Waals surface area contributed by atoms with Crippen LogP contribution in [0, 0.1) is 5.92 Å². The van der Waals surface area contributed by atoms with Crippen molar-refractivity contribution < 1.29 is 14.3 Å². The number of carbonyl (C=O) groups excluding carboxylic acids is 2. The van der Waals surface area contributed by atoms with Gasteiger partial charge >= 0.3 is 6.03 Å². The van der Waals surface area contributed by atoms with Crippen LogP contribution in [-0.2, 0) is 0 Å². The summed E-state index contributed by atoms with van der Waals surface area (Å²) in [7, 11) is 1.57. The Hall–Kier alpha value is -2.04. The number of carbonyl (C=O) groups is 2. The molecule has 1 N–H and O–H groups in total. The molecule has 0 atom stereocenters. The van der Waals surface area contributed by atoms with Crippen molar-refractivity contribution in [2.75, 3.05) is 20.2 Å². The molecule has 0 bridgehead atoms. The number of imide groups is 1. The highest BCUT2D eigenvalue weighted by Gasteiger charge is 2.21. The number of methoxy groups -OCH3 is 1. The fraction of sp³-hybridized carbons (Fsp3) is 0.467. The SMILES string of the molecule is COc1ccc(C(=O)NC(=O)N2CCC(C)CC2)cc1. The molecule has 0 saturated carbocycles. The number of amides is 3. The van der Waals surface area contributed by atoms with Gasteiger partial charge in [0.15, 0.2) is 0 Å². The fourth-order valence-electron chi connectivity index (χ4n) is 2.20. The molecule has 1 heterocycles. The summed E-state index contributed by atoms with van der Waals surface area (Å²) in [6, 6.07) is 6.36. The van der Waals surface area contributed by atoms with Crippen LogP contribution < -0.4 is 10.1 Å². The van der Waals surface area contributed by atoms with Gasteiger partial charge in [0.05, 0.1) is 7.11 Å². The molecule has 0 aliphatic carbocycles. The number of urea groups is 1. The van der Waals surface area contributed by atoms with E-state index in [4.69, 9.17) is 4.74 Å². The van der Waals surface area contributed by atoms with E-state index in [1.54, 1.807) is 36.3 Å². The van der Waals surface area contributed by atoms with Crippen molar-refractivity contribution in [2.45, 2.75) is 19.8 Å². The van der Waals surface area contributed by atoms with E-state index in [1.165, 1.54) is 0 Å². The normalized spacial score (nSPS) is 15.8. The number of piperidine rings is 1. The third-order valence-corrected chi connectivity index (χ3v) is 3.64. The van der Waals surface area contributed by atoms with Crippen LogP contribution in [0.25, 0.3) is 0 Å². The Morgan fingerprint density at radius 3 is 2.35 bits per heavy atom. The standard InChI is InChI=1S/C15H20N2O3/c1-11-7-9-17(10-8-11)15(19)16-14(18)12-3-5-13(20-2)6-4-12/h3-6,11H,7-10H2,1-2H3,(H,16,18,19). The first kappa shape index (κ1) is 14.4. The number of hydrogen-bond donors (Lipinski definition) is 1. The van der Waals surface area contributed by atoms with Crippen LogP contribution in [0.4, 0.5) is 4.79 Å². The maximum Gasteiger partial charge on any atom is 0.324 e. The molecule has 5 heteroatoms. The van der Waals surface area contributed by atoms with Crippen molar-refractivity contribution in [3.63, 3.8) is 0 Å². The number of nitrogens with one attached hydrogen (secondary N) is 1. The molecular formula is C15H20N2O3. The molecule has 1 aromatic rings. The largest absolute Gasteiger partial charge is 0.497 e. The summed E-state index contributed by atoms with van der Waals surface area (Å²) < 4.78 is 5.03. The monoisotopic (exact) mass is 276 g/mol. The lowest BCUT2D eigenvalue weighted by atomic mass is 10.00. The molecule has 0 aromatic heterocycles. The van der Waals surface area contributed by atoms with Gasteiger partial charge in [0.1, 0.15) is 5.75 Å². The van der Waals surface area contributed by atoms with E-state index >= 15 is 0 Å². The van der Waals surface area contributed by atoms with Gasteiger partial charge in [-0.1, -0.05) is 6.92 Å². The molecule has 0 spiro atoms. The smallest absolute Gasteiger partial charge is 0.324 e. The minimum absolute atomic E-state index is 0.308. The topological polar surface area (TPSA) is 58.6 Å². The Morgan fingerprint density at radius 1 is 1.20 bits per heavy atom. The number of likely N-dealkylation sites (tertiary alicyclic amines) is 1. The van der Waals surface area contributed by atoms with Crippen molar-refractivity contribution in [2.24, 2.45) is 5.92 Å². The Kier molecular flexibility index (Phi) is 4.61. The molecule has 1 aliphatic heterocycles. The average Bonchev–Trinajstić information content (AvgIpc) is 2.48. The molecule has 1 aromatic carbocycles. The Morgan fingerprint density at radius 2 is 1.80 bits per heavy atom. The number of ether oxygens (including phenoxy) is 1. The zero-order valence-electron chi connectivity index (χ0n) is 11.9. The van der Waals surface area contributed by atoms with E-state index in [1.807, 2.05) is 0 Å². The second kappa shape index (κ2) is 6.41.